The van der Waals surface area contributed by atoms with Gasteiger partial charge in [-0.15, -0.1) is 0 Å². The normalized spacial score (nSPS) is 17.7. The van der Waals surface area contributed by atoms with E-state index in [4.69, 9.17) is 11.1 Å². The van der Waals surface area contributed by atoms with Crippen molar-refractivity contribution in [3.8, 4) is 11.1 Å². The first-order valence-electron chi connectivity index (χ1n) is 8.98. The Hall–Kier alpha value is -2.56. The van der Waals surface area contributed by atoms with Crippen LogP contribution in [0.25, 0.3) is 16.0 Å². The average molecular weight is 398 g/mol. The fourth-order valence-corrected chi connectivity index (χ4v) is 5.46. The molecule has 2 aliphatic heterocycles. The summed E-state index contributed by atoms with van der Waals surface area (Å²) in [5, 5.41) is 11.5. The SMILES string of the molecule is [C-]#[N+]c1cccc(-c2cc(C(C)OP(=O)(N3CC3)N3CC3)ccc2[N+](=O)[O-])c1. The Morgan fingerprint density at radius 3 is 2.43 bits per heavy atom. The number of nitrogens with zero attached hydrogens (tertiary/aromatic N) is 4. The first kappa shape index (κ1) is 18.8. The van der Waals surface area contributed by atoms with Crippen LogP contribution in [0.5, 0.6) is 0 Å². The van der Waals surface area contributed by atoms with Crippen LogP contribution in [0, 0.1) is 16.7 Å². The van der Waals surface area contributed by atoms with Crippen molar-refractivity contribution < 1.29 is 14.0 Å². The predicted octanol–water partition coefficient (Wildman–Crippen LogP) is 4.63. The highest BCUT2D eigenvalue weighted by molar-refractivity contribution is 7.54. The van der Waals surface area contributed by atoms with Gasteiger partial charge in [-0.2, -0.15) is 0 Å². The fourth-order valence-electron chi connectivity index (χ4n) is 3.11. The smallest absolute Gasteiger partial charge is 0.298 e. The van der Waals surface area contributed by atoms with Crippen LogP contribution in [0.1, 0.15) is 18.6 Å². The van der Waals surface area contributed by atoms with E-state index in [1.807, 2.05) is 9.34 Å². The van der Waals surface area contributed by atoms with Gasteiger partial charge < -0.3 is 0 Å². The molecule has 144 valence electrons. The molecule has 0 saturated carbocycles. The lowest BCUT2D eigenvalue weighted by atomic mass is 9.99. The van der Waals surface area contributed by atoms with E-state index in [0.717, 1.165) is 26.2 Å². The summed E-state index contributed by atoms with van der Waals surface area (Å²) in [7, 11) is -3.00. The minimum absolute atomic E-state index is 0.0434. The van der Waals surface area contributed by atoms with E-state index in [1.165, 1.54) is 6.07 Å². The Morgan fingerprint density at radius 1 is 1.18 bits per heavy atom. The molecule has 4 rings (SSSR count). The summed E-state index contributed by atoms with van der Waals surface area (Å²) in [6, 6.07) is 11.5. The van der Waals surface area contributed by atoms with Gasteiger partial charge in [-0.1, -0.05) is 18.2 Å². The minimum atomic E-state index is -3.00. The van der Waals surface area contributed by atoms with Gasteiger partial charge in [-0.25, -0.2) is 14.2 Å². The van der Waals surface area contributed by atoms with Crippen molar-refractivity contribution in [2.75, 3.05) is 26.2 Å². The maximum atomic E-state index is 13.2. The lowest BCUT2D eigenvalue weighted by molar-refractivity contribution is -0.384. The van der Waals surface area contributed by atoms with Crippen molar-refractivity contribution in [3.05, 3.63) is 69.6 Å². The molecule has 0 amide bonds. The third kappa shape index (κ3) is 3.58. The van der Waals surface area contributed by atoms with Gasteiger partial charge in [0, 0.05) is 32.2 Å². The molecule has 8 nitrogen and oxygen atoms in total. The molecule has 1 atom stereocenters. The van der Waals surface area contributed by atoms with E-state index >= 15 is 0 Å². The molecule has 2 aromatic rings. The Bertz CT molecular complexity index is 1010. The zero-order valence-corrected chi connectivity index (χ0v) is 16.2. The van der Waals surface area contributed by atoms with E-state index < -0.39 is 18.7 Å². The quantitative estimate of drug-likeness (QED) is 0.222. The Balaban J connectivity index is 1.69. The van der Waals surface area contributed by atoms with E-state index in [9.17, 15) is 14.7 Å². The number of hydrogen-bond acceptors (Lipinski definition) is 4. The highest BCUT2D eigenvalue weighted by Gasteiger charge is 2.50. The first-order chi connectivity index (χ1) is 13.4. The molecule has 0 N–H and O–H groups in total. The molecule has 2 saturated heterocycles. The van der Waals surface area contributed by atoms with Crippen LogP contribution in [0.3, 0.4) is 0 Å². The van der Waals surface area contributed by atoms with Crippen LogP contribution in [0.4, 0.5) is 11.4 Å². The number of rotatable bonds is 7. The monoisotopic (exact) mass is 398 g/mol. The van der Waals surface area contributed by atoms with E-state index in [1.54, 1.807) is 43.3 Å². The zero-order chi connectivity index (χ0) is 19.9. The first-order valence-corrected chi connectivity index (χ1v) is 10.5. The third-order valence-electron chi connectivity index (χ3n) is 4.83. The number of benzene rings is 2. The molecule has 0 spiro atoms. The molecule has 2 heterocycles. The van der Waals surface area contributed by atoms with E-state index in [-0.39, 0.29) is 5.69 Å². The molecule has 2 aliphatic rings. The summed E-state index contributed by atoms with van der Waals surface area (Å²) in [4.78, 5) is 14.5. The molecule has 2 aromatic carbocycles. The lowest BCUT2D eigenvalue weighted by Gasteiger charge is -2.24. The summed E-state index contributed by atoms with van der Waals surface area (Å²) in [5.74, 6) is 0. The molecular weight excluding hydrogens is 379 g/mol. The van der Waals surface area contributed by atoms with Gasteiger partial charge in [0.05, 0.1) is 23.2 Å². The number of nitro benzene ring substituents is 1. The lowest BCUT2D eigenvalue weighted by Crippen LogP contribution is -2.10. The van der Waals surface area contributed by atoms with E-state index in [0.29, 0.717) is 22.4 Å². The summed E-state index contributed by atoms with van der Waals surface area (Å²) in [5.41, 5.74) is 2.08. The minimum Gasteiger partial charge on any atom is -0.298 e. The van der Waals surface area contributed by atoms with Crippen molar-refractivity contribution in [2.24, 2.45) is 0 Å². The molecule has 0 radical (unpaired) electrons. The summed E-state index contributed by atoms with van der Waals surface area (Å²) in [6.07, 6.45) is -0.490. The van der Waals surface area contributed by atoms with Crippen LogP contribution in [-0.2, 0) is 9.09 Å². The highest BCUT2D eigenvalue weighted by Crippen LogP contribution is 2.63. The van der Waals surface area contributed by atoms with Crippen LogP contribution in [0.15, 0.2) is 42.5 Å². The summed E-state index contributed by atoms with van der Waals surface area (Å²) in [6.45, 7) is 12.0. The summed E-state index contributed by atoms with van der Waals surface area (Å²) >= 11 is 0. The number of nitro groups is 1. The van der Waals surface area contributed by atoms with Crippen molar-refractivity contribution in [2.45, 2.75) is 13.0 Å². The third-order valence-corrected chi connectivity index (χ3v) is 7.65. The maximum Gasteiger partial charge on any atom is 0.346 e. The van der Waals surface area contributed by atoms with Gasteiger partial charge in [-0.05, 0) is 36.2 Å². The predicted molar refractivity (Wildman–Crippen MR) is 105 cm³/mol. The second kappa shape index (κ2) is 7.12. The van der Waals surface area contributed by atoms with Crippen molar-refractivity contribution in [3.63, 3.8) is 0 Å². The molecule has 9 heteroatoms. The fraction of sp³-hybridized carbons (Fsp3) is 0.316. The van der Waals surface area contributed by atoms with Crippen LogP contribution in [-0.4, -0.2) is 40.4 Å². The van der Waals surface area contributed by atoms with Gasteiger partial charge in [0.2, 0.25) is 0 Å². The Morgan fingerprint density at radius 2 is 1.86 bits per heavy atom. The second-order valence-corrected chi connectivity index (χ2v) is 9.16. The highest BCUT2D eigenvalue weighted by atomic mass is 31.2. The largest absolute Gasteiger partial charge is 0.346 e. The van der Waals surface area contributed by atoms with E-state index in [2.05, 4.69) is 4.85 Å². The van der Waals surface area contributed by atoms with Crippen molar-refractivity contribution in [1.82, 2.24) is 9.34 Å². The Labute approximate surface area is 162 Å². The zero-order valence-electron chi connectivity index (χ0n) is 15.3. The second-order valence-electron chi connectivity index (χ2n) is 6.84. The van der Waals surface area contributed by atoms with Crippen molar-refractivity contribution in [1.29, 1.82) is 0 Å². The molecular formula is C19H19N4O4P. The molecule has 0 aromatic heterocycles. The summed E-state index contributed by atoms with van der Waals surface area (Å²) < 4.78 is 22.9. The standard InChI is InChI=1S/C19H19N4O4P/c1-14(27-28(26,21-8-9-21)22-10-11-22)15-6-7-19(23(24)25)18(13-15)16-4-3-5-17(12-16)20-2/h3-7,12-14H,8-11H2,1H3. The van der Waals surface area contributed by atoms with Crippen molar-refractivity contribution >= 4 is 19.0 Å². The molecule has 0 aliphatic carbocycles. The van der Waals surface area contributed by atoms with Crippen LogP contribution >= 0.6 is 7.67 Å². The van der Waals surface area contributed by atoms with Crippen LogP contribution in [0.2, 0.25) is 0 Å². The molecule has 0 bridgehead atoms. The van der Waals surface area contributed by atoms with Crippen LogP contribution < -0.4 is 0 Å². The average Bonchev–Trinajstić information content (AvgIpc) is 3.59. The van der Waals surface area contributed by atoms with Gasteiger partial charge in [0.15, 0.2) is 5.69 Å². The van der Waals surface area contributed by atoms with Gasteiger partial charge in [-0.3, -0.25) is 19.2 Å². The van der Waals surface area contributed by atoms with Gasteiger partial charge in [0.25, 0.3) is 5.69 Å². The molecule has 1 unspecified atom stereocenters. The Kier molecular flexibility index (Phi) is 4.77. The maximum absolute atomic E-state index is 13.2. The number of hydrogen-bond donors (Lipinski definition) is 0. The molecule has 28 heavy (non-hydrogen) atoms. The molecule has 2 fully saturated rings. The topological polar surface area (TPSA) is 79.8 Å². The van der Waals surface area contributed by atoms with Gasteiger partial charge >= 0.3 is 7.67 Å². The van der Waals surface area contributed by atoms with Gasteiger partial charge in [0.1, 0.15) is 0 Å².